The molecule has 1 unspecified atom stereocenters. The summed E-state index contributed by atoms with van der Waals surface area (Å²) in [5.74, 6) is 0.391. The zero-order valence-electron chi connectivity index (χ0n) is 10.3. The van der Waals surface area contributed by atoms with Crippen LogP contribution in [0.3, 0.4) is 0 Å². The zero-order chi connectivity index (χ0) is 12.0. The third kappa shape index (κ3) is 3.51. The number of hydrogen-bond acceptors (Lipinski definition) is 3. The largest absolute Gasteiger partial charge is 0.507 e. The number of aromatic hydroxyl groups is 1. The Morgan fingerprint density at radius 3 is 2.81 bits per heavy atom. The highest BCUT2D eigenvalue weighted by Gasteiger charge is 2.07. The van der Waals surface area contributed by atoms with Gasteiger partial charge in [-0.05, 0) is 18.9 Å². The van der Waals surface area contributed by atoms with Gasteiger partial charge >= 0.3 is 0 Å². The Bertz CT molecular complexity index is 326. The normalized spacial score (nSPS) is 12.7. The van der Waals surface area contributed by atoms with Crippen LogP contribution in [0.5, 0.6) is 5.75 Å². The second-order valence-electron chi connectivity index (χ2n) is 4.02. The molecule has 0 saturated carbocycles. The zero-order valence-corrected chi connectivity index (χ0v) is 10.3. The van der Waals surface area contributed by atoms with E-state index in [0.29, 0.717) is 24.9 Å². The molecule has 1 atom stereocenters. The van der Waals surface area contributed by atoms with Gasteiger partial charge < -0.3 is 15.2 Å². The van der Waals surface area contributed by atoms with Crippen LogP contribution in [0.2, 0.25) is 0 Å². The summed E-state index contributed by atoms with van der Waals surface area (Å²) in [6.07, 6.45) is 1.01. The first-order valence-electron chi connectivity index (χ1n) is 5.68. The summed E-state index contributed by atoms with van der Waals surface area (Å²) in [5, 5.41) is 13.2. The van der Waals surface area contributed by atoms with Crippen molar-refractivity contribution in [3.8, 4) is 5.75 Å². The highest BCUT2D eigenvalue weighted by Crippen LogP contribution is 2.21. The molecular formula is C13H21NO2. The second kappa shape index (κ2) is 6.51. The highest BCUT2D eigenvalue weighted by atomic mass is 16.5. The van der Waals surface area contributed by atoms with Gasteiger partial charge in [0.05, 0.1) is 6.61 Å². The fourth-order valence-electron chi connectivity index (χ4n) is 1.64. The fraction of sp³-hybridized carbons (Fsp3) is 0.538. The van der Waals surface area contributed by atoms with Gasteiger partial charge in [-0.3, -0.25) is 0 Å². The molecule has 0 radical (unpaired) electrons. The molecule has 1 rings (SSSR count). The van der Waals surface area contributed by atoms with Gasteiger partial charge in [0, 0.05) is 25.3 Å². The van der Waals surface area contributed by atoms with Gasteiger partial charge in [0.15, 0.2) is 0 Å². The van der Waals surface area contributed by atoms with Crippen LogP contribution in [-0.2, 0) is 11.3 Å². The predicted molar refractivity (Wildman–Crippen MR) is 65.6 cm³/mol. The first-order chi connectivity index (χ1) is 7.69. The number of ether oxygens (including phenoxy) is 1. The Kier molecular flexibility index (Phi) is 5.29. The molecule has 0 amide bonds. The third-order valence-corrected chi connectivity index (χ3v) is 2.76. The number of nitrogens with one attached hydrogen (secondary N) is 1. The average Bonchev–Trinajstić information content (AvgIpc) is 2.29. The number of rotatable bonds is 6. The van der Waals surface area contributed by atoms with Crippen LogP contribution >= 0.6 is 0 Å². The van der Waals surface area contributed by atoms with Gasteiger partial charge in [-0.1, -0.05) is 25.1 Å². The number of methoxy groups -OCH3 is 1. The number of phenolic OH excluding ortho intramolecular Hbond substituents is 1. The van der Waals surface area contributed by atoms with E-state index in [9.17, 15) is 5.11 Å². The van der Waals surface area contributed by atoms with Crippen LogP contribution in [0.1, 0.15) is 24.5 Å². The van der Waals surface area contributed by atoms with E-state index < -0.39 is 0 Å². The minimum atomic E-state index is 0.338. The van der Waals surface area contributed by atoms with Crippen LogP contribution < -0.4 is 5.32 Å². The lowest BCUT2D eigenvalue weighted by Gasteiger charge is -2.16. The maximum absolute atomic E-state index is 9.84. The molecular weight excluding hydrogens is 202 g/mol. The molecule has 0 heterocycles. The molecule has 2 N–H and O–H groups in total. The number of aryl methyl sites for hydroxylation is 1. The van der Waals surface area contributed by atoms with E-state index in [4.69, 9.17) is 4.74 Å². The fourth-order valence-corrected chi connectivity index (χ4v) is 1.64. The van der Waals surface area contributed by atoms with Crippen molar-refractivity contribution >= 4 is 0 Å². The van der Waals surface area contributed by atoms with E-state index >= 15 is 0 Å². The first kappa shape index (κ1) is 13.0. The summed E-state index contributed by atoms with van der Waals surface area (Å²) >= 11 is 0. The molecule has 90 valence electrons. The molecule has 0 aliphatic carbocycles. The average molecular weight is 223 g/mol. The lowest BCUT2D eigenvalue weighted by Crippen LogP contribution is -2.32. The van der Waals surface area contributed by atoms with Crippen LogP contribution in [0.4, 0.5) is 0 Å². The van der Waals surface area contributed by atoms with E-state index in [1.165, 1.54) is 0 Å². The second-order valence-corrected chi connectivity index (χ2v) is 4.02. The summed E-state index contributed by atoms with van der Waals surface area (Å²) in [7, 11) is 1.70. The monoisotopic (exact) mass is 223 g/mol. The van der Waals surface area contributed by atoms with Crippen LogP contribution in [0.15, 0.2) is 18.2 Å². The van der Waals surface area contributed by atoms with E-state index in [-0.39, 0.29) is 0 Å². The lowest BCUT2D eigenvalue weighted by molar-refractivity contribution is 0.163. The minimum Gasteiger partial charge on any atom is -0.507 e. The Hall–Kier alpha value is -1.06. The van der Waals surface area contributed by atoms with Gasteiger partial charge in [-0.15, -0.1) is 0 Å². The van der Waals surface area contributed by atoms with Crippen molar-refractivity contribution in [1.82, 2.24) is 5.32 Å². The standard InChI is InChI=1S/C13H21NO2/c1-4-12(9-16-3)14-8-11-7-5-6-10(2)13(11)15/h5-7,12,14-15H,4,8-9H2,1-3H3. The van der Waals surface area contributed by atoms with Crippen molar-refractivity contribution in [2.45, 2.75) is 32.9 Å². The lowest BCUT2D eigenvalue weighted by atomic mass is 10.1. The summed E-state index contributed by atoms with van der Waals surface area (Å²) in [5.41, 5.74) is 1.86. The van der Waals surface area contributed by atoms with Crippen molar-refractivity contribution < 1.29 is 9.84 Å². The van der Waals surface area contributed by atoms with Gasteiger partial charge in [0.1, 0.15) is 5.75 Å². The number of hydrogen-bond donors (Lipinski definition) is 2. The van der Waals surface area contributed by atoms with Crippen molar-refractivity contribution in [1.29, 1.82) is 0 Å². The van der Waals surface area contributed by atoms with Crippen LogP contribution in [-0.4, -0.2) is 24.9 Å². The maximum Gasteiger partial charge on any atom is 0.122 e. The molecule has 0 saturated heterocycles. The number of para-hydroxylation sites is 1. The molecule has 3 nitrogen and oxygen atoms in total. The number of phenols is 1. The highest BCUT2D eigenvalue weighted by molar-refractivity contribution is 5.39. The molecule has 0 bridgehead atoms. The van der Waals surface area contributed by atoms with Crippen molar-refractivity contribution in [2.75, 3.05) is 13.7 Å². The van der Waals surface area contributed by atoms with Gasteiger partial charge in [-0.2, -0.15) is 0 Å². The molecule has 0 aliphatic rings. The first-order valence-corrected chi connectivity index (χ1v) is 5.68. The molecule has 3 heteroatoms. The molecule has 0 aromatic heterocycles. The summed E-state index contributed by atoms with van der Waals surface area (Å²) < 4.78 is 5.11. The molecule has 1 aromatic rings. The van der Waals surface area contributed by atoms with Crippen LogP contribution in [0, 0.1) is 6.92 Å². The molecule has 1 aromatic carbocycles. The summed E-state index contributed by atoms with van der Waals surface area (Å²) in [6.45, 7) is 5.40. The van der Waals surface area contributed by atoms with Gasteiger partial charge in [0.2, 0.25) is 0 Å². The molecule has 16 heavy (non-hydrogen) atoms. The van der Waals surface area contributed by atoms with E-state index in [2.05, 4.69) is 12.2 Å². The maximum atomic E-state index is 9.84. The predicted octanol–water partition coefficient (Wildman–Crippen LogP) is 2.22. The van der Waals surface area contributed by atoms with E-state index in [0.717, 1.165) is 17.5 Å². The van der Waals surface area contributed by atoms with Crippen molar-refractivity contribution in [3.05, 3.63) is 29.3 Å². The summed E-state index contributed by atoms with van der Waals surface area (Å²) in [6, 6.07) is 6.15. The van der Waals surface area contributed by atoms with Gasteiger partial charge in [-0.25, -0.2) is 0 Å². The Balaban J connectivity index is 2.56. The van der Waals surface area contributed by atoms with Crippen molar-refractivity contribution in [2.24, 2.45) is 0 Å². The molecule has 0 fully saturated rings. The minimum absolute atomic E-state index is 0.338. The van der Waals surface area contributed by atoms with Crippen molar-refractivity contribution in [3.63, 3.8) is 0 Å². The Morgan fingerprint density at radius 1 is 1.44 bits per heavy atom. The Labute approximate surface area is 97.4 Å². The molecule has 0 aliphatic heterocycles. The van der Waals surface area contributed by atoms with E-state index in [1.807, 2.05) is 25.1 Å². The van der Waals surface area contributed by atoms with Crippen LogP contribution in [0.25, 0.3) is 0 Å². The van der Waals surface area contributed by atoms with Gasteiger partial charge in [0.25, 0.3) is 0 Å². The van der Waals surface area contributed by atoms with E-state index in [1.54, 1.807) is 7.11 Å². The SMILES string of the molecule is CCC(COC)NCc1cccc(C)c1O. The smallest absolute Gasteiger partial charge is 0.122 e. The Morgan fingerprint density at radius 2 is 2.19 bits per heavy atom. The quantitative estimate of drug-likeness (QED) is 0.777. The topological polar surface area (TPSA) is 41.5 Å². The number of benzene rings is 1. The molecule has 0 spiro atoms. The third-order valence-electron chi connectivity index (χ3n) is 2.76. The summed E-state index contributed by atoms with van der Waals surface area (Å²) in [4.78, 5) is 0.